The van der Waals surface area contributed by atoms with Crippen LogP contribution in [0, 0.1) is 0 Å². The number of methoxy groups -OCH3 is 1. The monoisotopic (exact) mass is 304 g/mol. The molecule has 1 saturated heterocycles. The first-order valence-corrected chi connectivity index (χ1v) is 6.91. The molecule has 0 bridgehead atoms. The second-order valence-electron chi connectivity index (χ2n) is 5.26. The van der Waals surface area contributed by atoms with Gasteiger partial charge in [-0.05, 0) is 13.8 Å². The maximum absolute atomic E-state index is 12.1. The van der Waals surface area contributed by atoms with Crippen molar-refractivity contribution in [3.05, 3.63) is 0 Å². The summed E-state index contributed by atoms with van der Waals surface area (Å²) in [5.74, 6) is -0.940. The van der Waals surface area contributed by atoms with Crippen LogP contribution in [0.2, 0.25) is 0 Å². The second-order valence-corrected chi connectivity index (χ2v) is 5.26. The number of ether oxygens (including phenoxy) is 2. The second kappa shape index (κ2) is 8.28. The van der Waals surface area contributed by atoms with E-state index in [-0.39, 0.29) is 25.8 Å². The van der Waals surface area contributed by atoms with Gasteiger partial charge in [-0.1, -0.05) is 0 Å². The Morgan fingerprint density at radius 2 is 2.00 bits per heavy atom. The largest absolute Gasteiger partial charge is 0.388 e. The molecule has 2 amide bonds. The maximum Gasteiger partial charge on any atom is 0.249 e. The van der Waals surface area contributed by atoms with E-state index in [0.29, 0.717) is 6.61 Å². The summed E-state index contributed by atoms with van der Waals surface area (Å²) in [6, 6.07) is -1.22. The number of aliphatic hydroxyl groups is 2. The summed E-state index contributed by atoms with van der Waals surface area (Å²) in [6.45, 7) is 3.84. The number of amides is 2. The number of carbonyl (C=O) groups excluding carboxylic acids is 2. The Labute approximate surface area is 124 Å². The van der Waals surface area contributed by atoms with Gasteiger partial charge in [0, 0.05) is 13.2 Å². The van der Waals surface area contributed by atoms with E-state index in [1.807, 2.05) is 0 Å². The Morgan fingerprint density at radius 3 is 2.57 bits per heavy atom. The lowest BCUT2D eigenvalue weighted by Gasteiger charge is -2.25. The zero-order valence-electron chi connectivity index (χ0n) is 12.6. The molecule has 0 aromatic carbocycles. The molecule has 0 saturated carbocycles. The van der Waals surface area contributed by atoms with E-state index in [1.54, 1.807) is 13.8 Å². The van der Waals surface area contributed by atoms with Gasteiger partial charge in [-0.25, -0.2) is 0 Å². The first kappa shape index (κ1) is 17.8. The summed E-state index contributed by atoms with van der Waals surface area (Å²) in [5.41, 5.74) is 0. The van der Waals surface area contributed by atoms with E-state index in [0.717, 1.165) is 4.90 Å². The molecule has 8 nitrogen and oxygen atoms in total. The van der Waals surface area contributed by atoms with Crippen molar-refractivity contribution in [1.82, 2.24) is 10.2 Å². The number of aliphatic hydroxyl groups excluding tert-OH is 2. The Hall–Kier alpha value is -1.22. The van der Waals surface area contributed by atoms with Gasteiger partial charge in [0.1, 0.15) is 18.8 Å². The molecular formula is C13H24N2O6. The molecule has 1 heterocycles. The van der Waals surface area contributed by atoms with Crippen LogP contribution in [0.1, 0.15) is 13.8 Å². The fourth-order valence-corrected chi connectivity index (χ4v) is 2.13. The Kier molecular flexibility index (Phi) is 7.03. The van der Waals surface area contributed by atoms with Gasteiger partial charge < -0.3 is 29.9 Å². The van der Waals surface area contributed by atoms with Crippen LogP contribution in [0.25, 0.3) is 0 Å². The molecule has 3 atom stereocenters. The molecule has 1 aliphatic heterocycles. The number of rotatable bonds is 7. The van der Waals surface area contributed by atoms with Crippen molar-refractivity contribution in [3.8, 4) is 0 Å². The Bertz CT molecular complexity index is 363. The van der Waals surface area contributed by atoms with Crippen LogP contribution in [-0.4, -0.2) is 84.7 Å². The minimum absolute atomic E-state index is 0.0934. The smallest absolute Gasteiger partial charge is 0.249 e. The molecule has 1 unspecified atom stereocenters. The summed E-state index contributed by atoms with van der Waals surface area (Å²) in [4.78, 5) is 25.3. The fraction of sp³-hybridized carbons (Fsp3) is 0.846. The molecular weight excluding hydrogens is 280 g/mol. The molecule has 1 rings (SSSR count). The van der Waals surface area contributed by atoms with E-state index in [9.17, 15) is 19.8 Å². The highest BCUT2D eigenvalue weighted by molar-refractivity contribution is 5.89. The Morgan fingerprint density at radius 1 is 1.33 bits per heavy atom. The SMILES string of the molecule is COCCOCC(=O)N1C[C@H](O)[C@@H](O)C1C(=O)NC(C)C. The highest BCUT2D eigenvalue weighted by Gasteiger charge is 2.46. The molecule has 21 heavy (non-hydrogen) atoms. The average Bonchev–Trinajstić information content (AvgIpc) is 2.70. The van der Waals surface area contributed by atoms with Crippen LogP contribution in [0.15, 0.2) is 0 Å². The van der Waals surface area contributed by atoms with Crippen LogP contribution < -0.4 is 5.32 Å². The number of hydrogen-bond acceptors (Lipinski definition) is 6. The van der Waals surface area contributed by atoms with Crippen molar-refractivity contribution < 1.29 is 29.3 Å². The third-order valence-electron chi connectivity index (χ3n) is 3.11. The predicted molar refractivity (Wildman–Crippen MR) is 73.5 cm³/mol. The van der Waals surface area contributed by atoms with Gasteiger partial charge in [0.25, 0.3) is 0 Å². The lowest BCUT2D eigenvalue weighted by molar-refractivity contribution is -0.144. The van der Waals surface area contributed by atoms with Crippen molar-refractivity contribution in [1.29, 1.82) is 0 Å². The summed E-state index contributed by atoms with van der Waals surface area (Å²) in [5, 5.41) is 22.2. The van der Waals surface area contributed by atoms with E-state index < -0.39 is 30.1 Å². The molecule has 8 heteroatoms. The van der Waals surface area contributed by atoms with Crippen molar-refractivity contribution in [3.63, 3.8) is 0 Å². The van der Waals surface area contributed by atoms with Crippen molar-refractivity contribution in [2.75, 3.05) is 33.5 Å². The number of β-amino-alcohol motifs (C(OH)–C–C–N with tert-alkyl or cyclic N) is 1. The van der Waals surface area contributed by atoms with Gasteiger partial charge in [-0.2, -0.15) is 0 Å². The summed E-state index contributed by atoms with van der Waals surface area (Å²) in [6.07, 6.45) is -2.44. The third-order valence-corrected chi connectivity index (χ3v) is 3.11. The van der Waals surface area contributed by atoms with E-state index in [1.165, 1.54) is 7.11 Å². The quantitative estimate of drug-likeness (QED) is 0.475. The summed E-state index contributed by atoms with van der Waals surface area (Å²) >= 11 is 0. The molecule has 3 N–H and O–H groups in total. The molecule has 0 aromatic rings. The molecule has 0 radical (unpaired) electrons. The van der Waals surface area contributed by atoms with Crippen molar-refractivity contribution in [2.24, 2.45) is 0 Å². The van der Waals surface area contributed by atoms with Gasteiger partial charge in [0.15, 0.2) is 0 Å². The number of nitrogens with one attached hydrogen (secondary N) is 1. The summed E-state index contributed by atoms with van der Waals surface area (Å²) < 4.78 is 9.91. The topological polar surface area (TPSA) is 108 Å². The summed E-state index contributed by atoms with van der Waals surface area (Å²) in [7, 11) is 1.52. The molecule has 1 fully saturated rings. The van der Waals surface area contributed by atoms with Crippen LogP contribution in [-0.2, 0) is 19.1 Å². The van der Waals surface area contributed by atoms with Gasteiger partial charge in [-0.3, -0.25) is 9.59 Å². The first-order valence-electron chi connectivity index (χ1n) is 6.91. The highest BCUT2D eigenvalue weighted by Crippen LogP contribution is 2.19. The first-order chi connectivity index (χ1) is 9.88. The van der Waals surface area contributed by atoms with Gasteiger partial charge in [-0.15, -0.1) is 0 Å². The molecule has 0 spiro atoms. The number of carbonyl (C=O) groups is 2. The van der Waals surface area contributed by atoms with E-state index in [4.69, 9.17) is 9.47 Å². The van der Waals surface area contributed by atoms with Gasteiger partial charge >= 0.3 is 0 Å². The molecule has 0 aromatic heterocycles. The standard InChI is InChI=1S/C13H24N2O6/c1-8(2)14-13(19)11-12(18)9(16)6-15(11)10(17)7-21-5-4-20-3/h8-9,11-12,16,18H,4-7H2,1-3H3,(H,14,19)/t9-,11?,12+/m0/s1. The molecule has 0 aliphatic carbocycles. The van der Waals surface area contributed by atoms with Gasteiger partial charge in [0.05, 0.1) is 25.9 Å². The highest BCUT2D eigenvalue weighted by atomic mass is 16.5. The number of hydrogen-bond donors (Lipinski definition) is 3. The number of likely N-dealkylation sites (tertiary alicyclic amines) is 1. The van der Waals surface area contributed by atoms with Crippen LogP contribution in [0.4, 0.5) is 0 Å². The van der Waals surface area contributed by atoms with E-state index in [2.05, 4.69) is 5.32 Å². The average molecular weight is 304 g/mol. The van der Waals surface area contributed by atoms with Crippen LogP contribution >= 0.6 is 0 Å². The van der Waals surface area contributed by atoms with Crippen LogP contribution in [0.3, 0.4) is 0 Å². The Balaban J connectivity index is 2.64. The fourth-order valence-electron chi connectivity index (χ4n) is 2.13. The lowest BCUT2D eigenvalue weighted by atomic mass is 10.1. The van der Waals surface area contributed by atoms with Gasteiger partial charge in [0.2, 0.25) is 11.8 Å². The van der Waals surface area contributed by atoms with Crippen molar-refractivity contribution in [2.45, 2.75) is 38.1 Å². The minimum atomic E-state index is -1.30. The van der Waals surface area contributed by atoms with Crippen molar-refractivity contribution >= 4 is 11.8 Å². The predicted octanol–water partition coefficient (Wildman–Crippen LogP) is -1.89. The minimum Gasteiger partial charge on any atom is -0.388 e. The normalized spacial score (nSPS) is 25.4. The molecule has 122 valence electrons. The van der Waals surface area contributed by atoms with Crippen LogP contribution in [0.5, 0.6) is 0 Å². The lowest BCUT2D eigenvalue weighted by Crippen LogP contribution is -2.52. The molecule has 1 aliphatic rings. The van der Waals surface area contributed by atoms with E-state index >= 15 is 0 Å². The number of nitrogens with zero attached hydrogens (tertiary/aromatic N) is 1. The zero-order valence-corrected chi connectivity index (χ0v) is 12.6. The third kappa shape index (κ3) is 4.92. The maximum atomic E-state index is 12.1. The zero-order chi connectivity index (χ0) is 16.0.